The largest absolute Gasteiger partial charge is 0.365 e. The Hall–Kier alpha value is -0.940. The van der Waals surface area contributed by atoms with Crippen LogP contribution in [-0.4, -0.2) is 10.9 Å². The first-order chi connectivity index (χ1) is 5.15. The van der Waals surface area contributed by atoms with Crippen molar-refractivity contribution in [2.75, 3.05) is 0 Å². The number of nitrogens with zero attached hydrogens (tertiary/aromatic N) is 1. The van der Waals surface area contributed by atoms with Gasteiger partial charge in [0, 0.05) is 6.54 Å². The van der Waals surface area contributed by atoms with Crippen LogP contribution in [0.1, 0.15) is 20.4 Å². The molecule has 1 aromatic heterocycles. The molecule has 1 amide bonds. The molecule has 0 aromatic carbocycles. The molecule has 4 N–H and O–H groups in total. The van der Waals surface area contributed by atoms with Crippen LogP contribution in [0.15, 0.2) is 0 Å². The number of hydrogen-bond donors (Lipinski definition) is 2. The summed E-state index contributed by atoms with van der Waals surface area (Å²) in [5.74, 6) is -0.431. The smallest absolute Gasteiger partial charge is 0.260 e. The van der Waals surface area contributed by atoms with Crippen molar-refractivity contribution in [3.63, 3.8) is 0 Å². The number of primary amides is 1. The van der Waals surface area contributed by atoms with Crippen LogP contribution in [0.2, 0.25) is 0 Å². The lowest BCUT2D eigenvalue weighted by molar-refractivity contribution is 0.100. The SMILES string of the molecule is Cc1nc(CN)sc1C(N)=O. The van der Waals surface area contributed by atoms with Gasteiger partial charge in [0.2, 0.25) is 0 Å². The molecular weight excluding hydrogens is 162 g/mol. The summed E-state index contributed by atoms with van der Waals surface area (Å²) in [6.45, 7) is 2.11. The van der Waals surface area contributed by atoms with E-state index in [1.807, 2.05) is 0 Å². The topological polar surface area (TPSA) is 82.0 Å². The monoisotopic (exact) mass is 171 g/mol. The molecule has 1 rings (SSSR count). The van der Waals surface area contributed by atoms with Gasteiger partial charge in [-0.1, -0.05) is 0 Å². The molecule has 0 unspecified atom stereocenters. The van der Waals surface area contributed by atoms with E-state index in [9.17, 15) is 4.79 Å². The Morgan fingerprint density at radius 2 is 2.36 bits per heavy atom. The Labute approximate surface area is 68.2 Å². The summed E-state index contributed by atoms with van der Waals surface area (Å²) in [5.41, 5.74) is 11.1. The molecule has 0 fully saturated rings. The van der Waals surface area contributed by atoms with E-state index in [0.717, 1.165) is 5.01 Å². The van der Waals surface area contributed by atoms with Crippen molar-refractivity contribution in [2.24, 2.45) is 11.5 Å². The zero-order valence-corrected chi connectivity index (χ0v) is 6.94. The Kier molecular flexibility index (Phi) is 2.21. The summed E-state index contributed by atoms with van der Waals surface area (Å²) in [6.07, 6.45) is 0. The molecule has 60 valence electrons. The molecular formula is C6H9N3OS. The van der Waals surface area contributed by atoms with Crippen LogP contribution in [0.5, 0.6) is 0 Å². The Morgan fingerprint density at radius 3 is 2.64 bits per heavy atom. The predicted octanol–water partition coefficient (Wildman–Crippen LogP) is 0.00912. The van der Waals surface area contributed by atoms with E-state index < -0.39 is 5.91 Å². The molecule has 0 aliphatic carbocycles. The number of carbonyl (C=O) groups excluding carboxylic acids is 1. The highest BCUT2D eigenvalue weighted by Crippen LogP contribution is 2.16. The molecule has 5 heteroatoms. The molecule has 0 saturated carbocycles. The van der Waals surface area contributed by atoms with E-state index in [4.69, 9.17) is 11.5 Å². The molecule has 0 aliphatic rings. The Morgan fingerprint density at radius 1 is 1.73 bits per heavy atom. The number of hydrogen-bond acceptors (Lipinski definition) is 4. The molecule has 0 atom stereocenters. The molecule has 11 heavy (non-hydrogen) atoms. The lowest BCUT2D eigenvalue weighted by Crippen LogP contribution is -2.09. The first-order valence-electron chi connectivity index (χ1n) is 3.11. The number of aryl methyl sites for hydroxylation is 1. The van der Waals surface area contributed by atoms with Gasteiger partial charge in [-0.3, -0.25) is 4.79 Å². The third-order valence-corrected chi connectivity index (χ3v) is 2.43. The highest BCUT2D eigenvalue weighted by atomic mass is 32.1. The second-order valence-corrected chi connectivity index (χ2v) is 3.17. The van der Waals surface area contributed by atoms with Gasteiger partial charge in [-0.05, 0) is 6.92 Å². The van der Waals surface area contributed by atoms with Crippen LogP contribution in [0, 0.1) is 6.92 Å². The summed E-state index contributed by atoms with van der Waals surface area (Å²) in [5, 5.41) is 0.747. The van der Waals surface area contributed by atoms with Crippen LogP contribution in [-0.2, 0) is 6.54 Å². The second-order valence-electron chi connectivity index (χ2n) is 2.09. The Balaban J connectivity index is 3.07. The van der Waals surface area contributed by atoms with Crippen molar-refractivity contribution in [2.45, 2.75) is 13.5 Å². The fourth-order valence-corrected chi connectivity index (χ4v) is 1.56. The summed E-state index contributed by atoms with van der Waals surface area (Å²) in [6, 6.07) is 0. The summed E-state index contributed by atoms with van der Waals surface area (Å²) in [7, 11) is 0. The Bertz CT molecular complexity index is 281. The van der Waals surface area contributed by atoms with Crippen molar-refractivity contribution in [1.82, 2.24) is 4.98 Å². The maximum atomic E-state index is 10.7. The molecule has 1 aromatic rings. The number of amides is 1. The summed E-state index contributed by atoms with van der Waals surface area (Å²) < 4.78 is 0. The molecule has 0 spiro atoms. The quantitative estimate of drug-likeness (QED) is 0.657. The predicted molar refractivity (Wildman–Crippen MR) is 43.3 cm³/mol. The van der Waals surface area contributed by atoms with Gasteiger partial charge in [-0.15, -0.1) is 11.3 Å². The van der Waals surface area contributed by atoms with Crippen LogP contribution in [0.3, 0.4) is 0 Å². The maximum Gasteiger partial charge on any atom is 0.260 e. The van der Waals surface area contributed by atoms with Gasteiger partial charge in [0.1, 0.15) is 9.88 Å². The molecule has 0 aliphatic heterocycles. The number of carbonyl (C=O) groups is 1. The van der Waals surface area contributed by atoms with Crippen LogP contribution in [0.4, 0.5) is 0 Å². The minimum Gasteiger partial charge on any atom is -0.365 e. The lowest BCUT2D eigenvalue weighted by Gasteiger charge is -1.85. The van der Waals surface area contributed by atoms with Gasteiger partial charge in [0.05, 0.1) is 5.69 Å². The number of nitrogens with two attached hydrogens (primary N) is 2. The van der Waals surface area contributed by atoms with Crippen molar-refractivity contribution in [3.8, 4) is 0 Å². The van der Waals surface area contributed by atoms with Gasteiger partial charge in [0.25, 0.3) is 5.91 Å². The molecule has 0 bridgehead atoms. The molecule has 4 nitrogen and oxygen atoms in total. The van der Waals surface area contributed by atoms with E-state index in [2.05, 4.69) is 4.98 Å². The van der Waals surface area contributed by atoms with E-state index in [0.29, 0.717) is 17.1 Å². The second kappa shape index (κ2) is 2.98. The summed E-state index contributed by atoms with van der Waals surface area (Å²) in [4.78, 5) is 15.3. The van der Waals surface area contributed by atoms with Crippen molar-refractivity contribution in [1.29, 1.82) is 0 Å². The third-order valence-electron chi connectivity index (χ3n) is 1.24. The molecule has 0 saturated heterocycles. The van der Waals surface area contributed by atoms with Crippen molar-refractivity contribution in [3.05, 3.63) is 15.6 Å². The van der Waals surface area contributed by atoms with E-state index in [1.165, 1.54) is 11.3 Å². The van der Waals surface area contributed by atoms with E-state index >= 15 is 0 Å². The van der Waals surface area contributed by atoms with Crippen LogP contribution < -0.4 is 11.5 Å². The highest BCUT2D eigenvalue weighted by Gasteiger charge is 2.10. The average Bonchev–Trinajstić information content (AvgIpc) is 2.30. The number of aromatic nitrogens is 1. The van der Waals surface area contributed by atoms with Gasteiger partial charge in [0.15, 0.2) is 0 Å². The normalized spacial score (nSPS) is 10.0. The van der Waals surface area contributed by atoms with Gasteiger partial charge in [-0.25, -0.2) is 4.98 Å². The molecule has 1 heterocycles. The first kappa shape index (κ1) is 8.16. The van der Waals surface area contributed by atoms with E-state index in [1.54, 1.807) is 6.92 Å². The number of thiazole rings is 1. The van der Waals surface area contributed by atoms with Gasteiger partial charge in [-0.2, -0.15) is 0 Å². The minimum atomic E-state index is -0.431. The van der Waals surface area contributed by atoms with Crippen molar-refractivity contribution < 1.29 is 4.79 Å². The maximum absolute atomic E-state index is 10.7. The lowest BCUT2D eigenvalue weighted by atomic mass is 10.4. The fourth-order valence-electron chi connectivity index (χ4n) is 0.768. The zero-order chi connectivity index (χ0) is 8.43. The molecule has 0 radical (unpaired) electrons. The van der Waals surface area contributed by atoms with Crippen molar-refractivity contribution >= 4 is 17.2 Å². The summed E-state index contributed by atoms with van der Waals surface area (Å²) >= 11 is 1.26. The van der Waals surface area contributed by atoms with E-state index in [-0.39, 0.29) is 0 Å². The fraction of sp³-hybridized carbons (Fsp3) is 0.333. The average molecular weight is 171 g/mol. The van der Waals surface area contributed by atoms with Gasteiger partial charge >= 0.3 is 0 Å². The first-order valence-corrected chi connectivity index (χ1v) is 3.93. The number of rotatable bonds is 2. The van der Waals surface area contributed by atoms with Crippen LogP contribution in [0.25, 0.3) is 0 Å². The minimum absolute atomic E-state index is 0.360. The highest BCUT2D eigenvalue weighted by molar-refractivity contribution is 7.13. The third kappa shape index (κ3) is 1.55. The zero-order valence-electron chi connectivity index (χ0n) is 6.13. The van der Waals surface area contributed by atoms with Crippen LogP contribution >= 0.6 is 11.3 Å². The standard InChI is InChI=1S/C6H9N3OS/c1-3-5(6(8)10)11-4(2-7)9-3/h2,7H2,1H3,(H2,8,10). The van der Waals surface area contributed by atoms with Gasteiger partial charge < -0.3 is 11.5 Å².